The van der Waals surface area contributed by atoms with E-state index in [0.717, 1.165) is 40.5 Å². The van der Waals surface area contributed by atoms with Crippen molar-refractivity contribution in [2.75, 3.05) is 13.1 Å². The molecule has 1 amide bonds. The van der Waals surface area contributed by atoms with Crippen LogP contribution < -0.4 is 9.47 Å². The number of hydrogen-bond donors (Lipinski definition) is 0. The number of benzene rings is 3. The van der Waals surface area contributed by atoms with Gasteiger partial charge in [-0.1, -0.05) is 41.4 Å². The van der Waals surface area contributed by atoms with E-state index in [0.29, 0.717) is 34.4 Å². The van der Waals surface area contributed by atoms with Gasteiger partial charge in [-0.05, 0) is 64.8 Å². The summed E-state index contributed by atoms with van der Waals surface area (Å²) in [6.45, 7) is 9.51. The standard InChI is InChI=1S/C29H31Cl2NO4/c1-17-14-32(15-18(2)35-17)28(33)22-13-21-19(27-20(22)11-12-29(3,4)36-27)7-5-10-26(21)34-16-23-24(30)8-6-9-25(23)31/h5-10,13,17-18H,11-12,14-16H2,1-4H3. The topological polar surface area (TPSA) is 48.0 Å². The molecule has 1 saturated heterocycles. The summed E-state index contributed by atoms with van der Waals surface area (Å²) in [5, 5.41) is 2.86. The summed E-state index contributed by atoms with van der Waals surface area (Å²) < 4.78 is 18.6. The van der Waals surface area contributed by atoms with Crippen molar-refractivity contribution in [3.05, 3.63) is 69.2 Å². The summed E-state index contributed by atoms with van der Waals surface area (Å²) in [4.78, 5) is 15.8. The molecule has 0 spiro atoms. The average molecular weight is 528 g/mol. The lowest BCUT2D eigenvalue weighted by Crippen LogP contribution is -2.48. The average Bonchev–Trinajstić information content (AvgIpc) is 2.81. The largest absolute Gasteiger partial charge is 0.488 e. The fraction of sp³-hybridized carbons (Fsp3) is 0.414. The van der Waals surface area contributed by atoms with Gasteiger partial charge in [-0.15, -0.1) is 0 Å². The molecule has 2 unspecified atom stereocenters. The number of halogens is 2. The monoisotopic (exact) mass is 527 g/mol. The van der Waals surface area contributed by atoms with E-state index in [1.807, 2.05) is 49.1 Å². The Morgan fingerprint density at radius 3 is 2.42 bits per heavy atom. The molecule has 5 rings (SSSR count). The van der Waals surface area contributed by atoms with Crippen LogP contribution in [0.15, 0.2) is 42.5 Å². The van der Waals surface area contributed by atoms with Gasteiger partial charge in [-0.3, -0.25) is 4.79 Å². The number of fused-ring (bicyclic) bond motifs is 3. The molecule has 5 nitrogen and oxygen atoms in total. The Morgan fingerprint density at radius 1 is 1.06 bits per heavy atom. The van der Waals surface area contributed by atoms with E-state index < -0.39 is 0 Å². The van der Waals surface area contributed by atoms with E-state index in [2.05, 4.69) is 13.8 Å². The maximum atomic E-state index is 13.9. The van der Waals surface area contributed by atoms with Crippen LogP contribution in [0.1, 0.15) is 55.6 Å². The fourth-order valence-electron chi connectivity index (χ4n) is 5.18. The van der Waals surface area contributed by atoms with E-state index in [1.54, 1.807) is 12.1 Å². The Kier molecular flexibility index (Phi) is 6.84. The normalized spacial score (nSPS) is 21.1. The quantitative estimate of drug-likeness (QED) is 0.363. The first-order valence-electron chi connectivity index (χ1n) is 12.4. The van der Waals surface area contributed by atoms with Gasteiger partial charge in [0, 0.05) is 50.6 Å². The van der Waals surface area contributed by atoms with Crippen molar-refractivity contribution in [1.29, 1.82) is 0 Å². The summed E-state index contributed by atoms with van der Waals surface area (Å²) in [6, 6.07) is 13.2. The Bertz CT molecular complexity index is 1290. The van der Waals surface area contributed by atoms with Crippen LogP contribution in [0.5, 0.6) is 11.5 Å². The van der Waals surface area contributed by atoms with Gasteiger partial charge in [0.25, 0.3) is 5.91 Å². The molecule has 2 aliphatic rings. The van der Waals surface area contributed by atoms with Crippen molar-refractivity contribution in [3.8, 4) is 11.5 Å². The number of amides is 1. The van der Waals surface area contributed by atoms with Gasteiger partial charge in [0.2, 0.25) is 0 Å². The summed E-state index contributed by atoms with van der Waals surface area (Å²) >= 11 is 12.7. The van der Waals surface area contributed by atoms with Gasteiger partial charge < -0.3 is 19.1 Å². The van der Waals surface area contributed by atoms with Crippen LogP contribution in [0, 0.1) is 0 Å². The minimum absolute atomic E-state index is 0.00223. The number of hydrogen-bond acceptors (Lipinski definition) is 4. The van der Waals surface area contributed by atoms with Crippen LogP contribution in [0.4, 0.5) is 0 Å². The summed E-state index contributed by atoms with van der Waals surface area (Å²) in [7, 11) is 0. The first-order chi connectivity index (χ1) is 17.1. The molecule has 0 bridgehead atoms. The second kappa shape index (κ2) is 9.77. The summed E-state index contributed by atoms with van der Waals surface area (Å²) in [6.07, 6.45) is 1.59. The third-order valence-electron chi connectivity index (χ3n) is 6.92. The zero-order valence-corrected chi connectivity index (χ0v) is 22.6. The van der Waals surface area contributed by atoms with Gasteiger partial charge in [0.1, 0.15) is 23.7 Å². The Balaban J connectivity index is 1.60. The molecule has 7 heteroatoms. The number of nitrogens with zero attached hydrogens (tertiary/aromatic N) is 1. The van der Waals surface area contributed by atoms with Crippen LogP contribution in [-0.4, -0.2) is 41.7 Å². The molecule has 36 heavy (non-hydrogen) atoms. The molecule has 0 N–H and O–H groups in total. The van der Waals surface area contributed by atoms with Gasteiger partial charge in [-0.25, -0.2) is 0 Å². The van der Waals surface area contributed by atoms with Gasteiger partial charge >= 0.3 is 0 Å². The third-order valence-corrected chi connectivity index (χ3v) is 7.63. The Hall–Kier alpha value is -2.47. The first kappa shape index (κ1) is 25.2. The zero-order chi connectivity index (χ0) is 25.6. The fourth-order valence-corrected chi connectivity index (χ4v) is 5.68. The van der Waals surface area contributed by atoms with Crippen molar-refractivity contribution in [3.63, 3.8) is 0 Å². The molecular weight excluding hydrogens is 497 g/mol. The van der Waals surface area contributed by atoms with Crippen molar-refractivity contribution in [2.45, 2.75) is 65.0 Å². The highest BCUT2D eigenvalue weighted by atomic mass is 35.5. The molecule has 2 heterocycles. The molecule has 0 aromatic heterocycles. The number of morpholine rings is 1. The predicted molar refractivity (Wildman–Crippen MR) is 144 cm³/mol. The lowest BCUT2D eigenvalue weighted by molar-refractivity contribution is -0.0586. The maximum absolute atomic E-state index is 13.9. The van der Waals surface area contributed by atoms with Crippen molar-refractivity contribution >= 4 is 39.9 Å². The van der Waals surface area contributed by atoms with Crippen LogP contribution in [0.25, 0.3) is 10.8 Å². The van der Waals surface area contributed by atoms with Crippen molar-refractivity contribution < 1.29 is 19.0 Å². The van der Waals surface area contributed by atoms with E-state index in [4.69, 9.17) is 37.4 Å². The third kappa shape index (κ3) is 4.89. The number of ether oxygens (including phenoxy) is 3. The maximum Gasteiger partial charge on any atom is 0.254 e. The molecule has 190 valence electrons. The summed E-state index contributed by atoms with van der Waals surface area (Å²) in [5.41, 5.74) is 2.03. The van der Waals surface area contributed by atoms with Crippen LogP contribution in [0.2, 0.25) is 10.0 Å². The number of rotatable bonds is 4. The van der Waals surface area contributed by atoms with E-state index in [9.17, 15) is 4.79 Å². The molecule has 0 saturated carbocycles. The van der Waals surface area contributed by atoms with Gasteiger partial charge in [-0.2, -0.15) is 0 Å². The highest BCUT2D eigenvalue weighted by Crippen LogP contribution is 2.44. The molecule has 1 fully saturated rings. The SMILES string of the molecule is CC1CN(C(=O)c2cc3c(OCc4c(Cl)cccc4Cl)cccc3c3c2CCC(C)(C)O3)CC(C)O1. The smallest absolute Gasteiger partial charge is 0.254 e. The molecule has 0 radical (unpaired) electrons. The van der Waals surface area contributed by atoms with Gasteiger partial charge in [0.15, 0.2) is 0 Å². The van der Waals surface area contributed by atoms with Gasteiger partial charge in [0.05, 0.1) is 12.2 Å². The number of carbonyl (C=O) groups excluding carboxylic acids is 1. The highest BCUT2D eigenvalue weighted by molar-refractivity contribution is 6.35. The summed E-state index contributed by atoms with van der Waals surface area (Å²) in [5.74, 6) is 1.42. The number of carbonyl (C=O) groups is 1. The second-order valence-electron chi connectivity index (χ2n) is 10.4. The predicted octanol–water partition coefficient (Wildman–Crippen LogP) is 7.08. The molecule has 0 aliphatic carbocycles. The van der Waals surface area contributed by atoms with E-state index in [-0.39, 0.29) is 30.3 Å². The molecule has 3 aromatic rings. The van der Waals surface area contributed by atoms with Crippen LogP contribution in [0.3, 0.4) is 0 Å². The van der Waals surface area contributed by atoms with Crippen molar-refractivity contribution in [2.24, 2.45) is 0 Å². The first-order valence-corrected chi connectivity index (χ1v) is 13.2. The minimum atomic E-state index is -0.328. The Morgan fingerprint density at radius 2 is 1.72 bits per heavy atom. The lowest BCUT2D eigenvalue weighted by Gasteiger charge is -2.37. The lowest BCUT2D eigenvalue weighted by atomic mass is 9.88. The van der Waals surface area contributed by atoms with Crippen molar-refractivity contribution in [1.82, 2.24) is 4.90 Å². The van der Waals surface area contributed by atoms with Crippen LogP contribution in [-0.2, 0) is 17.8 Å². The Labute approximate surface area is 222 Å². The van der Waals surface area contributed by atoms with E-state index >= 15 is 0 Å². The van der Waals surface area contributed by atoms with E-state index in [1.165, 1.54) is 0 Å². The highest BCUT2D eigenvalue weighted by Gasteiger charge is 2.34. The molecule has 2 atom stereocenters. The second-order valence-corrected chi connectivity index (χ2v) is 11.2. The van der Waals surface area contributed by atoms with Crippen LogP contribution >= 0.6 is 23.2 Å². The molecule has 3 aromatic carbocycles. The molecule has 2 aliphatic heterocycles. The zero-order valence-electron chi connectivity index (χ0n) is 21.1. The minimum Gasteiger partial charge on any atom is -0.488 e. The molecular formula is C29H31Cl2NO4.